The molecule has 9 nitrogen and oxygen atoms in total. The third-order valence-electron chi connectivity index (χ3n) is 5.99. The van der Waals surface area contributed by atoms with Gasteiger partial charge in [0.1, 0.15) is 0 Å². The molecule has 2 aromatic heterocycles. The number of hydrogen-bond donors (Lipinski definition) is 2. The number of methoxy groups -OCH3 is 1. The fraction of sp³-hybridized carbons (Fsp3) is 0.269. The first kappa shape index (κ1) is 22.7. The van der Waals surface area contributed by atoms with E-state index in [1.165, 1.54) is 7.11 Å². The molecular formula is C26H27N7O2. The lowest BCUT2D eigenvalue weighted by molar-refractivity contribution is 0.102. The first-order valence-electron chi connectivity index (χ1n) is 11.6. The van der Waals surface area contributed by atoms with Gasteiger partial charge in [-0.1, -0.05) is 30.3 Å². The molecule has 5 rings (SSSR count). The molecule has 0 unspecified atom stereocenters. The number of piperazine rings is 1. The Kier molecular flexibility index (Phi) is 6.24. The molecule has 9 heteroatoms. The molecule has 0 radical (unpaired) electrons. The van der Waals surface area contributed by atoms with Gasteiger partial charge in [-0.3, -0.25) is 9.78 Å². The van der Waals surface area contributed by atoms with Gasteiger partial charge in [0, 0.05) is 48.0 Å². The van der Waals surface area contributed by atoms with Gasteiger partial charge in [0.2, 0.25) is 0 Å². The Balaban J connectivity index is 1.46. The van der Waals surface area contributed by atoms with Crippen molar-refractivity contribution in [2.75, 3.05) is 30.4 Å². The van der Waals surface area contributed by atoms with Crippen molar-refractivity contribution in [3.05, 3.63) is 66.6 Å². The van der Waals surface area contributed by atoms with E-state index < -0.39 is 0 Å². The van der Waals surface area contributed by atoms with E-state index in [9.17, 15) is 4.79 Å². The lowest BCUT2D eigenvalue weighted by Crippen LogP contribution is -2.54. The molecule has 1 saturated heterocycles. The van der Waals surface area contributed by atoms with Crippen LogP contribution in [0.1, 0.15) is 24.2 Å². The number of carbonyl (C=O) groups is 1. The number of benzene rings is 2. The normalized spacial score (nSPS) is 17.9. The second kappa shape index (κ2) is 9.63. The first-order valence-corrected chi connectivity index (χ1v) is 11.6. The molecular weight excluding hydrogens is 442 g/mol. The minimum atomic E-state index is -0.328. The van der Waals surface area contributed by atoms with Crippen molar-refractivity contribution in [3.8, 4) is 17.3 Å². The monoisotopic (exact) mass is 469 g/mol. The zero-order valence-electron chi connectivity index (χ0n) is 19.9. The van der Waals surface area contributed by atoms with Crippen LogP contribution in [0.5, 0.6) is 6.01 Å². The van der Waals surface area contributed by atoms with E-state index in [0.29, 0.717) is 29.0 Å². The van der Waals surface area contributed by atoms with Gasteiger partial charge in [-0.15, -0.1) is 0 Å². The Hall–Kier alpha value is -4.11. The van der Waals surface area contributed by atoms with Crippen molar-refractivity contribution in [2.24, 2.45) is 0 Å². The summed E-state index contributed by atoms with van der Waals surface area (Å²) >= 11 is 0. The lowest BCUT2D eigenvalue weighted by Gasteiger charge is -2.38. The highest BCUT2D eigenvalue weighted by atomic mass is 16.5. The molecule has 1 aliphatic rings. The van der Waals surface area contributed by atoms with E-state index in [2.05, 4.69) is 49.3 Å². The van der Waals surface area contributed by atoms with Crippen LogP contribution in [0.4, 0.5) is 11.5 Å². The number of amides is 1. The molecule has 0 saturated carbocycles. The third kappa shape index (κ3) is 4.76. The van der Waals surface area contributed by atoms with Crippen LogP contribution in [0.3, 0.4) is 0 Å². The van der Waals surface area contributed by atoms with Crippen molar-refractivity contribution in [1.29, 1.82) is 0 Å². The topological polar surface area (TPSA) is 105 Å². The Bertz CT molecular complexity index is 1340. The van der Waals surface area contributed by atoms with Crippen molar-refractivity contribution < 1.29 is 9.53 Å². The molecule has 4 aromatic rings. The van der Waals surface area contributed by atoms with E-state index in [0.717, 1.165) is 35.4 Å². The molecule has 2 aromatic carbocycles. The van der Waals surface area contributed by atoms with Gasteiger partial charge in [-0.25, -0.2) is 9.97 Å². The van der Waals surface area contributed by atoms with Gasteiger partial charge < -0.3 is 20.3 Å². The average Bonchev–Trinajstić information content (AvgIpc) is 2.88. The van der Waals surface area contributed by atoms with Crippen LogP contribution < -0.4 is 20.3 Å². The van der Waals surface area contributed by atoms with Crippen LogP contribution in [0.15, 0.2) is 61.1 Å². The van der Waals surface area contributed by atoms with Crippen LogP contribution in [-0.4, -0.2) is 58.1 Å². The number of ether oxygens (including phenoxy) is 1. The van der Waals surface area contributed by atoms with Crippen LogP contribution in [0.25, 0.3) is 22.2 Å². The summed E-state index contributed by atoms with van der Waals surface area (Å²) < 4.78 is 5.25. The van der Waals surface area contributed by atoms with Crippen LogP contribution in [0.2, 0.25) is 0 Å². The SMILES string of the molecule is COc1ncc2c(N3C[C@H](C)N[C@@H](C)C3)ccc(C(=O)Nc3cnc(-c4ccccc4)cn3)c2n1. The fourth-order valence-corrected chi connectivity index (χ4v) is 4.50. The minimum Gasteiger partial charge on any atom is -0.467 e. The maximum absolute atomic E-state index is 13.3. The Morgan fingerprint density at radius 1 is 1.00 bits per heavy atom. The molecule has 2 atom stereocenters. The highest BCUT2D eigenvalue weighted by Crippen LogP contribution is 2.31. The standard InChI is InChI=1S/C26H27N7O2/c1-16-14-33(15-17(2)30-16)22-10-9-19(24-20(22)11-29-26(32-24)35-3)25(34)31-23-13-27-21(12-28-23)18-7-5-4-6-8-18/h4-13,16-17,30H,14-15H2,1-3H3,(H,28,31,34)/t16-,17-/m0/s1. The van der Waals surface area contributed by atoms with Gasteiger partial charge in [0.15, 0.2) is 5.82 Å². The number of anilines is 2. The Labute approximate surface area is 203 Å². The van der Waals surface area contributed by atoms with E-state index in [1.807, 2.05) is 36.4 Å². The van der Waals surface area contributed by atoms with Gasteiger partial charge in [0.25, 0.3) is 5.91 Å². The highest BCUT2D eigenvalue weighted by molar-refractivity contribution is 6.13. The lowest BCUT2D eigenvalue weighted by atomic mass is 10.0. The van der Waals surface area contributed by atoms with E-state index in [-0.39, 0.29) is 11.9 Å². The quantitative estimate of drug-likeness (QED) is 0.457. The number of nitrogens with zero attached hydrogens (tertiary/aromatic N) is 5. The van der Waals surface area contributed by atoms with Gasteiger partial charge in [-0.2, -0.15) is 4.98 Å². The predicted molar refractivity (Wildman–Crippen MR) is 136 cm³/mol. The summed E-state index contributed by atoms with van der Waals surface area (Å²) in [5.41, 5.74) is 3.62. The zero-order valence-corrected chi connectivity index (χ0v) is 19.9. The smallest absolute Gasteiger partial charge is 0.316 e. The van der Waals surface area contributed by atoms with Crippen molar-refractivity contribution in [1.82, 2.24) is 25.3 Å². The van der Waals surface area contributed by atoms with Crippen molar-refractivity contribution in [2.45, 2.75) is 25.9 Å². The number of hydrogen-bond acceptors (Lipinski definition) is 8. The first-order chi connectivity index (χ1) is 17.0. The van der Waals surface area contributed by atoms with Crippen LogP contribution in [0, 0.1) is 0 Å². The molecule has 35 heavy (non-hydrogen) atoms. The largest absolute Gasteiger partial charge is 0.467 e. The molecule has 178 valence electrons. The molecule has 3 heterocycles. The molecule has 1 aliphatic heterocycles. The van der Waals surface area contributed by atoms with Gasteiger partial charge in [0.05, 0.1) is 36.3 Å². The van der Waals surface area contributed by atoms with Gasteiger partial charge in [-0.05, 0) is 26.0 Å². The summed E-state index contributed by atoms with van der Waals surface area (Å²) in [5, 5.41) is 7.19. The highest BCUT2D eigenvalue weighted by Gasteiger charge is 2.24. The molecule has 0 bridgehead atoms. The predicted octanol–water partition coefficient (Wildman–Crippen LogP) is 3.53. The minimum absolute atomic E-state index is 0.206. The van der Waals surface area contributed by atoms with E-state index in [1.54, 1.807) is 24.7 Å². The van der Waals surface area contributed by atoms with Crippen LogP contribution in [-0.2, 0) is 0 Å². The fourth-order valence-electron chi connectivity index (χ4n) is 4.50. The van der Waals surface area contributed by atoms with Crippen molar-refractivity contribution >= 4 is 28.3 Å². The molecule has 0 spiro atoms. The maximum Gasteiger partial charge on any atom is 0.316 e. The second-order valence-corrected chi connectivity index (χ2v) is 8.73. The van der Waals surface area contributed by atoms with Crippen molar-refractivity contribution in [3.63, 3.8) is 0 Å². The number of nitrogens with one attached hydrogen (secondary N) is 2. The number of rotatable bonds is 5. The Morgan fingerprint density at radius 2 is 1.77 bits per heavy atom. The summed E-state index contributed by atoms with van der Waals surface area (Å²) in [6.45, 7) is 6.02. The summed E-state index contributed by atoms with van der Waals surface area (Å²) in [7, 11) is 1.51. The number of aromatic nitrogens is 4. The zero-order chi connectivity index (χ0) is 24.4. The molecule has 2 N–H and O–H groups in total. The maximum atomic E-state index is 13.3. The van der Waals surface area contributed by atoms with E-state index in [4.69, 9.17) is 4.74 Å². The number of fused-ring (bicyclic) bond motifs is 1. The van der Waals surface area contributed by atoms with Gasteiger partial charge >= 0.3 is 6.01 Å². The summed E-state index contributed by atoms with van der Waals surface area (Å²) in [5.74, 6) is 0.0313. The Morgan fingerprint density at radius 3 is 2.46 bits per heavy atom. The molecule has 1 amide bonds. The number of carbonyl (C=O) groups excluding carboxylic acids is 1. The average molecular weight is 470 g/mol. The summed E-state index contributed by atoms with van der Waals surface area (Å²) in [4.78, 5) is 33.2. The molecule has 0 aliphatic carbocycles. The van der Waals surface area contributed by atoms with Crippen LogP contribution >= 0.6 is 0 Å². The second-order valence-electron chi connectivity index (χ2n) is 8.73. The molecule has 1 fully saturated rings. The summed E-state index contributed by atoms with van der Waals surface area (Å²) in [6.07, 6.45) is 4.92. The summed E-state index contributed by atoms with van der Waals surface area (Å²) in [6, 6.07) is 14.4. The third-order valence-corrected chi connectivity index (χ3v) is 5.99. The van der Waals surface area contributed by atoms with E-state index >= 15 is 0 Å².